The standard InChI is InChI=1S/C16H24N2O2S/c1-21-11-10-17-6-8-18(9-7-17)16(20)12-14-2-4-15(13-19)5-3-14/h2-5,19H,6-13H2,1H3. The first-order valence-corrected chi connectivity index (χ1v) is 8.80. The summed E-state index contributed by atoms with van der Waals surface area (Å²) in [7, 11) is 0. The molecule has 4 nitrogen and oxygen atoms in total. The van der Waals surface area contributed by atoms with Crippen LogP contribution in [0.4, 0.5) is 0 Å². The van der Waals surface area contributed by atoms with E-state index in [0.29, 0.717) is 6.42 Å². The predicted octanol–water partition coefficient (Wildman–Crippen LogP) is 1.23. The van der Waals surface area contributed by atoms with E-state index < -0.39 is 0 Å². The van der Waals surface area contributed by atoms with Gasteiger partial charge in [-0.15, -0.1) is 0 Å². The lowest BCUT2D eigenvalue weighted by molar-refractivity contribution is -0.132. The molecule has 0 bridgehead atoms. The van der Waals surface area contributed by atoms with Crippen LogP contribution in [0, 0.1) is 0 Å². The lowest BCUT2D eigenvalue weighted by Crippen LogP contribution is -2.49. The number of nitrogens with zero attached hydrogens (tertiary/aromatic N) is 2. The second kappa shape index (κ2) is 8.41. The number of hydrogen-bond acceptors (Lipinski definition) is 4. The molecular weight excluding hydrogens is 284 g/mol. The van der Waals surface area contributed by atoms with E-state index in [2.05, 4.69) is 11.2 Å². The summed E-state index contributed by atoms with van der Waals surface area (Å²) in [5.41, 5.74) is 1.90. The molecule has 0 radical (unpaired) electrons. The zero-order chi connectivity index (χ0) is 15.1. The third kappa shape index (κ3) is 5.02. The monoisotopic (exact) mass is 308 g/mol. The largest absolute Gasteiger partial charge is 0.392 e. The van der Waals surface area contributed by atoms with Gasteiger partial charge < -0.3 is 10.0 Å². The van der Waals surface area contributed by atoms with Gasteiger partial charge in [0.05, 0.1) is 13.0 Å². The Bertz CT molecular complexity index is 442. The summed E-state index contributed by atoms with van der Waals surface area (Å²) in [5.74, 6) is 1.36. The Morgan fingerprint density at radius 1 is 1.14 bits per heavy atom. The Kier molecular flexibility index (Phi) is 6.54. The van der Waals surface area contributed by atoms with E-state index in [9.17, 15) is 4.79 Å². The number of piperazine rings is 1. The molecule has 1 aromatic carbocycles. The molecule has 1 amide bonds. The van der Waals surface area contributed by atoms with E-state index in [4.69, 9.17) is 5.11 Å². The maximum Gasteiger partial charge on any atom is 0.227 e. The van der Waals surface area contributed by atoms with E-state index in [-0.39, 0.29) is 12.5 Å². The molecule has 1 aromatic rings. The minimum absolute atomic E-state index is 0.0478. The molecule has 0 unspecified atom stereocenters. The molecule has 0 spiro atoms. The summed E-state index contributed by atoms with van der Waals surface area (Å²) < 4.78 is 0. The number of carbonyl (C=O) groups is 1. The van der Waals surface area contributed by atoms with Crippen molar-refractivity contribution in [1.29, 1.82) is 0 Å². The van der Waals surface area contributed by atoms with Crippen LogP contribution in [0.5, 0.6) is 0 Å². The van der Waals surface area contributed by atoms with E-state index in [1.54, 1.807) is 0 Å². The van der Waals surface area contributed by atoms with Gasteiger partial charge in [-0.3, -0.25) is 9.69 Å². The Labute approximate surface area is 131 Å². The summed E-state index contributed by atoms with van der Waals surface area (Å²) in [6.07, 6.45) is 2.58. The van der Waals surface area contributed by atoms with Gasteiger partial charge in [0.15, 0.2) is 0 Å². The predicted molar refractivity (Wildman–Crippen MR) is 87.5 cm³/mol. The molecular formula is C16H24N2O2S. The molecule has 0 atom stereocenters. The van der Waals surface area contributed by atoms with E-state index in [1.807, 2.05) is 40.9 Å². The highest BCUT2D eigenvalue weighted by Crippen LogP contribution is 2.09. The van der Waals surface area contributed by atoms with Crippen LogP contribution in [0.3, 0.4) is 0 Å². The third-order valence-corrected chi connectivity index (χ3v) is 4.49. The van der Waals surface area contributed by atoms with Gasteiger partial charge in [-0.05, 0) is 17.4 Å². The molecule has 1 saturated heterocycles. The number of amides is 1. The van der Waals surface area contributed by atoms with Crippen LogP contribution in [-0.4, -0.2) is 65.5 Å². The minimum Gasteiger partial charge on any atom is -0.392 e. The quantitative estimate of drug-likeness (QED) is 0.858. The van der Waals surface area contributed by atoms with Crippen molar-refractivity contribution in [1.82, 2.24) is 9.80 Å². The van der Waals surface area contributed by atoms with Gasteiger partial charge in [0.25, 0.3) is 0 Å². The van der Waals surface area contributed by atoms with Crippen LogP contribution >= 0.6 is 11.8 Å². The van der Waals surface area contributed by atoms with Crippen molar-refractivity contribution < 1.29 is 9.90 Å². The second-order valence-electron chi connectivity index (χ2n) is 5.37. The molecule has 1 N–H and O–H groups in total. The molecule has 2 rings (SSSR count). The molecule has 1 aliphatic heterocycles. The number of aliphatic hydroxyl groups excluding tert-OH is 1. The number of carbonyl (C=O) groups excluding carboxylic acids is 1. The van der Waals surface area contributed by atoms with Crippen LogP contribution < -0.4 is 0 Å². The molecule has 21 heavy (non-hydrogen) atoms. The fourth-order valence-electron chi connectivity index (χ4n) is 2.49. The van der Waals surface area contributed by atoms with Gasteiger partial charge in [0.1, 0.15) is 0 Å². The highest BCUT2D eigenvalue weighted by atomic mass is 32.2. The molecule has 0 aromatic heterocycles. The van der Waals surface area contributed by atoms with Gasteiger partial charge >= 0.3 is 0 Å². The number of benzene rings is 1. The smallest absolute Gasteiger partial charge is 0.227 e. The lowest BCUT2D eigenvalue weighted by Gasteiger charge is -2.34. The Hall–Kier alpha value is -1.04. The van der Waals surface area contributed by atoms with Crippen LogP contribution in [-0.2, 0) is 17.8 Å². The van der Waals surface area contributed by atoms with Crippen LogP contribution in [0.2, 0.25) is 0 Å². The average molecular weight is 308 g/mol. The number of hydrogen-bond donors (Lipinski definition) is 1. The maximum absolute atomic E-state index is 12.3. The maximum atomic E-state index is 12.3. The van der Waals surface area contributed by atoms with Crippen LogP contribution in [0.25, 0.3) is 0 Å². The van der Waals surface area contributed by atoms with E-state index in [1.165, 1.54) is 0 Å². The SMILES string of the molecule is CSCCN1CCN(C(=O)Cc2ccc(CO)cc2)CC1. The zero-order valence-electron chi connectivity index (χ0n) is 12.6. The lowest BCUT2D eigenvalue weighted by atomic mass is 10.1. The summed E-state index contributed by atoms with van der Waals surface area (Å²) in [5, 5.41) is 9.02. The fraction of sp³-hybridized carbons (Fsp3) is 0.562. The molecule has 0 saturated carbocycles. The van der Waals surface area contributed by atoms with E-state index in [0.717, 1.165) is 49.6 Å². The Balaban J connectivity index is 1.78. The first kappa shape index (κ1) is 16.3. The summed E-state index contributed by atoms with van der Waals surface area (Å²) in [6.45, 7) is 4.80. The minimum atomic E-state index is 0.0478. The van der Waals surface area contributed by atoms with Crippen LogP contribution in [0.15, 0.2) is 24.3 Å². The molecule has 116 valence electrons. The van der Waals surface area contributed by atoms with Crippen molar-refractivity contribution in [3.8, 4) is 0 Å². The van der Waals surface area contributed by atoms with Crippen molar-refractivity contribution in [2.75, 3.05) is 44.7 Å². The normalized spacial score (nSPS) is 16.2. The molecule has 5 heteroatoms. The van der Waals surface area contributed by atoms with Crippen molar-refractivity contribution in [3.05, 3.63) is 35.4 Å². The van der Waals surface area contributed by atoms with Gasteiger partial charge in [0.2, 0.25) is 5.91 Å². The second-order valence-corrected chi connectivity index (χ2v) is 6.35. The van der Waals surface area contributed by atoms with Gasteiger partial charge in [-0.1, -0.05) is 24.3 Å². The third-order valence-electron chi connectivity index (χ3n) is 3.90. The highest BCUT2D eigenvalue weighted by molar-refractivity contribution is 7.98. The van der Waals surface area contributed by atoms with Gasteiger partial charge in [-0.25, -0.2) is 0 Å². The molecule has 0 aliphatic carbocycles. The number of rotatable bonds is 6. The first-order chi connectivity index (χ1) is 10.2. The van der Waals surface area contributed by atoms with Crippen molar-refractivity contribution in [3.63, 3.8) is 0 Å². The molecule has 1 aliphatic rings. The van der Waals surface area contributed by atoms with Gasteiger partial charge in [-0.2, -0.15) is 11.8 Å². The summed E-state index contributed by atoms with van der Waals surface area (Å²) in [6, 6.07) is 7.61. The molecule has 1 fully saturated rings. The van der Waals surface area contributed by atoms with E-state index >= 15 is 0 Å². The summed E-state index contributed by atoms with van der Waals surface area (Å²) in [4.78, 5) is 16.7. The number of thioether (sulfide) groups is 1. The molecule has 1 heterocycles. The Morgan fingerprint density at radius 3 is 2.33 bits per heavy atom. The van der Waals surface area contributed by atoms with Crippen molar-refractivity contribution in [2.24, 2.45) is 0 Å². The number of aliphatic hydroxyl groups is 1. The van der Waals surface area contributed by atoms with Crippen LogP contribution in [0.1, 0.15) is 11.1 Å². The topological polar surface area (TPSA) is 43.8 Å². The fourth-order valence-corrected chi connectivity index (χ4v) is 2.93. The zero-order valence-corrected chi connectivity index (χ0v) is 13.4. The van der Waals surface area contributed by atoms with Crippen molar-refractivity contribution >= 4 is 17.7 Å². The average Bonchev–Trinajstić information content (AvgIpc) is 2.54. The summed E-state index contributed by atoms with van der Waals surface area (Å²) >= 11 is 1.87. The first-order valence-electron chi connectivity index (χ1n) is 7.40. The van der Waals surface area contributed by atoms with Gasteiger partial charge in [0, 0.05) is 38.5 Å². The van der Waals surface area contributed by atoms with Crippen molar-refractivity contribution in [2.45, 2.75) is 13.0 Å². The Morgan fingerprint density at radius 2 is 1.76 bits per heavy atom. The highest BCUT2D eigenvalue weighted by Gasteiger charge is 2.20.